The quantitative estimate of drug-likeness (QED) is 0.816. The molecule has 4 nitrogen and oxygen atoms in total. The second-order valence-electron chi connectivity index (χ2n) is 4.50. The van der Waals surface area contributed by atoms with E-state index in [9.17, 15) is 9.59 Å². The zero-order chi connectivity index (χ0) is 13.9. The molecule has 0 bridgehead atoms. The van der Waals surface area contributed by atoms with Crippen molar-refractivity contribution in [2.24, 2.45) is 5.92 Å². The van der Waals surface area contributed by atoms with Gasteiger partial charge < -0.3 is 9.84 Å². The lowest BCUT2D eigenvalue weighted by Crippen LogP contribution is -2.16. The van der Waals surface area contributed by atoms with E-state index in [0.717, 1.165) is 16.9 Å². The fourth-order valence-electron chi connectivity index (χ4n) is 1.90. The Kier molecular flexibility index (Phi) is 4.48. The van der Waals surface area contributed by atoms with Crippen molar-refractivity contribution in [3.63, 3.8) is 0 Å². The highest BCUT2D eigenvalue weighted by Crippen LogP contribution is 2.25. The van der Waals surface area contributed by atoms with Crippen LogP contribution in [0.15, 0.2) is 12.1 Å². The number of methoxy groups -OCH3 is 1. The first-order valence-corrected chi connectivity index (χ1v) is 5.78. The minimum atomic E-state index is -0.960. The van der Waals surface area contributed by atoms with Crippen molar-refractivity contribution >= 4 is 11.8 Å². The van der Waals surface area contributed by atoms with Crippen molar-refractivity contribution in [3.05, 3.63) is 28.8 Å². The van der Waals surface area contributed by atoms with Gasteiger partial charge in [0.25, 0.3) is 0 Å². The first kappa shape index (κ1) is 14.2. The number of hydrogen-bond donors (Lipinski definition) is 1. The lowest BCUT2D eigenvalue weighted by atomic mass is 9.92. The van der Waals surface area contributed by atoms with Gasteiger partial charge in [0.15, 0.2) is 5.78 Å². The van der Waals surface area contributed by atoms with Gasteiger partial charge in [-0.25, -0.2) is 0 Å². The van der Waals surface area contributed by atoms with Crippen molar-refractivity contribution in [1.82, 2.24) is 0 Å². The van der Waals surface area contributed by atoms with Crippen LogP contribution >= 0.6 is 0 Å². The highest BCUT2D eigenvalue weighted by Gasteiger charge is 2.20. The molecule has 0 aromatic heterocycles. The average Bonchev–Trinajstić information content (AvgIpc) is 2.29. The van der Waals surface area contributed by atoms with Gasteiger partial charge in [0.2, 0.25) is 0 Å². The van der Waals surface area contributed by atoms with Gasteiger partial charge in [-0.2, -0.15) is 0 Å². The molecule has 1 rings (SSSR count). The molecule has 0 saturated heterocycles. The molecule has 98 valence electrons. The molecule has 0 fully saturated rings. The number of hydrogen-bond acceptors (Lipinski definition) is 3. The molecule has 0 saturated carbocycles. The molecule has 0 aliphatic carbocycles. The van der Waals surface area contributed by atoms with Crippen molar-refractivity contribution in [1.29, 1.82) is 0 Å². The number of aliphatic carboxylic acids is 1. The molecule has 4 heteroatoms. The molecule has 0 heterocycles. The summed E-state index contributed by atoms with van der Waals surface area (Å²) in [6, 6.07) is 3.56. The molecule has 1 aromatic rings. The first-order valence-electron chi connectivity index (χ1n) is 5.78. The first-order chi connectivity index (χ1) is 8.36. The van der Waals surface area contributed by atoms with Crippen LogP contribution in [0.2, 0.25) is 0 Å². The van der Waals surface area contributed by atoms with E-state index in [1.807, 2.05) is 13.8 Å². The molecule has 1 aromatic carbocycles. The summed E-state index contributed by atoms with van der Waals surface area (Å²) in [6.45, 7) is 5.31. The molecule has 18 heavy (non-hydrogen) atoms. The highest BCUT2D eigenvalue weighted by atomic mass is 16.5. The normalized spacial score (nSPS) is 12.0. The monoisotopic (exact) mass is 250 g/mol. The van der Waals surface area contributed by atoms with Crippen LogP contribution in [0.1, 0.15) is 34.8 Å². The summed E-state index contributed by atoms with van der Waals surface area (Å²) in [4.78, 5) is 22.8. The number of Topliss-reactive ketones (excluding diaryl/α,β-unsaturated/α-hetero) is 1. The maximum Gasteiger partial charge on any atom is 0.304 e. The molecule has 1 N–H and O–H groups in total. The summed E-state index contributed by atoms with van der Waals surface area (Å²) in [5, 5.41) is 8.71. The maximum absolute atomic E-state index is 12.1. The average molecular weight is 250 g/mol. The lowest BCUT2D eigenvalue weighted by molar-refractivity contribution is -0.137. The number of aryl methyl sites for hydroxylation is 2. The van der Waals surface area contributed by atoms with Crippen LogP contribution in [0, 0.1) is 19.8 Å². The third-order valence-electron chi connectivity index (χ3n) is 2.94. The van der Waals surface area contributed by atoms with Gasteiger partial charge in [-0.15, -0.1) is 0 Å². The predicted octanol–water partition coefficient (Wildman–Crippen LogP) is 2.61. The second-order valence-corrected chi connectivity index (χ2v) is 4.50. The zero-order valence-electron chi connectivity index (χ0n) is 11.1. The van der Waals surface area contributed by atoms with E-state index in [1.54, 1.807) is 26.2 Å². The van der Waals surface area contributed by atoms with Gasteiger partial charge >= 0.3 is 5.97 Å². The fourth-order valence-corrected chi connectivity index (χ4v) is 1.90. The fraction of sp³-hybridized carbons (Fsp3) is 0.429. The summed E-state index contributed by atoms with van der Waals surface area (Å²) in [7, 11) is 1.58. The smallest absolute Gasteiger partial charge is 0.304 e. The largest absolute Gasteiger partial charge is 0.496 e. The standard InChI is InChI=1S/C14H18O4/c1-8-6-12(18-4)9(2)5-11(8)14(17)10(3)7-13(15)16/h5-6,10H,7H2,1-4H3,(H,15,16). The predicted molar refractivity (Wildman–Crippen MR) is 68.2 cm³/mol. The van der Waals surface area contributed by atoms with E-state index in [-0.39, 0.29) is 12.2 Å². The summed E-state index contributed by atoms with van der Waals surface area (Å²) in [5.74, 6) is -0.886. The van der Waals surface area contributed by atoms with E-state index in [4.69, 9.17) is 9.84 Å². The molecule has 1 unspecified atom stereocenters. The highest BCUT2D eigenvalue weighted by molar-refractivity contribution is 6.00. The van der Waals surface area contributed by atoms with Crippen LogP contribution in [0.25, 0.3) is 0 Å². The summed E-state index contributed by atoms with van der Waals surface area (Å²) in [6.07, 6.45) is -0.149. The van der Waals surface area contributed by atoms with Crippen LogP contribution < -0.4 is 4.74 Å². The lowest BCUT2D eigenvalue weighted by Gasteiger charge is -2.13. The molecule has 0 amide bonds. The van der Waals surface area contributed by atoms with Gasteiger partial charge in [0.1, 0.15) is 5.75 Å². The SMILES string of the molecule is COc1cc(C)c(C(=O)C(C)CC(=O)O)cc1C. The molecule has 0 aliphatic heterocycles. The number of rotatable bonds is 5. The van der Waals surface area contributed by atoms with Crippen LogP contribution in [0.5, 0.6) is 5.75 Å². The zero-order valence-corrected chi connectivity index (χ0v) is 11.1. The van der Waals surface area contributed by atoms with E-state index in [0.29, 0.717) is 5.56 Å². The van der Waals surface area contributed by atoms with Gasteiger partial charge in [-0.05, 0) is 37.1 Å². The van der Waals surface area contributed by atoms with Crippen molar-refractivity contribution in [2.75, 3.05) is 7.11 Å². The molecule has 0 spiro atoms. The number of benzene rings is 1. The van der Waals surface area contributed by atoms with Gasteiger partial charge in [0.05, 0.1) is 13.5 Å². The van der Waals surface area contributed by atoms with Crippen molar-refractivity contribution < 1.29 is 19.4 Å². The number of carbonyl (C=O) groups is 2. The number of ketones is 1. The Balaban J connectivity index is 3.06. The van der Waals surface area contributed by atoms with E-state index in [1.165, 1.54) is 0 Å². The molecule has 0 aliphatic rings. The minimum absolute atomic E-state index is 0.138. The van der Waals surface area contributed by atoms with Crippen LogP contribution in [-0.4, -0.2) is 24.0 Å². The van der Waals surface area contributed by atoms with Crippen LogP contribution in [-0.2, 0) is 4.79 Å². The van der Waals surface area contributed by atoms with Gasteiger partial charge in [0, 0.05) is 11.5 Å². The van der Waals surface area contributed by atoms with Gasteiger partial charge in [-0.1, -0.05) is 6.92 Å². The van der Waals surface area contributed by atoms with Crippen molar-refractivity contribution in [2.45, 2.75) is 27.2 Å². The molecular weight excluding hydrogens is 232 g/mol. The third kappa shape index (κ3) is 3.09. The summed E-state index contributed by atoms with van der Waals surface area (Å²) < 4.78 is 5.18. The van der Waals surface area contributed by atoms with E-state index in [2.05, 4.69) is 0 Å². The van der Waals surface area contributed by atoms with Crippen LogP contribution in [0.3, 0.4) is 0 Å². The van der Waals surface area contributed by atoms with E-state index < -0.39 is 11.9 Å². The number of carboxylic acid groups (broad SMARTS) is 1. The second kappa shape index (κ2) is 5.67. The minimum Gasteiger partial charge on any atom is -0.496 e. The number of carbonyl (C=O) groups excluding carboxylic acids is 1. The van der Waals surface area contributed by atoms with Gasteiger partial charge in [-0.3, -0.25) is 9.59 Å². The maximum atomic E-state index is 12.1. The Morgan fingerprint density at radius 3 is 2.39 bits per heavy atom. The van der Waals surface area contributed by atoms with Crippen LogP contribution in [0.4, 0.5) is 0 Å². The Bertz CT molecular complexity index is 477. The molecule has 1 atom stereocenters. The molecular formula is C14H18O4. The Hall–Kier alpha value is -1.84. The third-order valence-corrected chi connectivity index (χ3v) is 2.94. The topological polar surface area (TPSA) is 63.6 Å². The molecule has 0 radical (unpaired) electrons. The summed E-state index contributed by atoms with van der Waals surface area (Å²) in [5.41, 5.74) is 2.25. The van der Waals surface area contributed by atoms with E-state index >= 15 is 0 Å². The summed E-state index contributed by atoms with van der Waals surface area (Å²) >= 11 is 0. The Labute approximate surface area is 107 Å². The Morgan fingerprint density at radius 2 is 1.89 bits per heavy atom. The number of carboxylic acids is 1. The number of ether oxygens (including phenoxy) is 1. The van der Waals surface area contributed by atoms with Crippen molar-refractivity contribution in [3.8, 4) is 5.75 Å². The Morgan fingerprint density at radius 1 is 1.28 bits per heavy atom.